The predicted octanol–water partition coefficient (Wildman–Crippen LogP) is 1.55. The molecule has 2 nitrogen and oxygen atoms in total. The van der Waals surface area contributed by atoms with Gasteiger partial charge in [-0.05, 0) is 57.0 Å². The Bertz CT molecular complexity index is 187. The molecule has 0 aromatic rings. The summed E-state index contributed by atoms with van der Waals surface area (Å²) in [6.45, 7) is 2.48. The van der Waals surface area contributed by atoms with Gasteiger partial charge in [-0.1, -0.05) is 0 Å². The Morgan fingerprint density at radius 3 is 2.77 bits per heavy atom. The molecular formula is C11H19NO. The van der Waals surface area contributed by atoms with Crippen LogP contribution in [0.4, 0.5) is 0 Å². The van der Waals surface area contributed by atoms with Crippen LogP contribution in [-0.4, -0.2) is 25.3 Å². The molecule has 2 bridgehead atoms. The third-order valence-electron chi connectivity index (χ3n) is 4.14. The van der Waals surface area contributed by atoms with Crippen molar-refractivity contribution >= 4 is 0 Å². The fraction of sp³-hybridized carbons (Fsp3) is 1.00. The van der Waals surface area contributed by atoms with E-state index < -0.39 is 0 Å². The molecule has 3 aliphatic heterocycles. The Labute approximate surface area is 80.0 Å². The summed E-state index contributed by atoms with van der Waals surface area (Å²) in [5, 5.41) is 3.47. The van der Waals surface area contributed by atoms with Gasteiger partial charge >= 0.3 is 0 Å². The lowest BCUT2D eigenvalue weighted by atomic mass is 9.82. The van der Waals surface area contributed by atoms with E-state index in [1.807, 2.05) is 0 Å². The minimum absolute atomic E-state index is 0.628. The zero-order valence-corrected chi connectivity index (χ0v) is 8.17. The van der Waals surface area contributed by atoms with Crippen molar-refractivity contribution in [3.05, 3.63) is 0 Å². The average Bonchev–Trinajstić information content (AvgIpc) is 2.77. The molecule has 3 fully saturated rings. The summed E-state index contributed by atoms with van der Waals surface area (Å²) in [5.74, 6) is 1.80. The first-order valence-electron chi connectivity index (χ1n) is 5.79. The highest BCUT2D eigenvalue weighted by Crippen LogP contribution is 2.41. The second-order valence-electron chi connectivity index (χ2n) is 4.87. The summed E-state index contributed by atoms with van der Waals surface area (Å²) >= 11 is 0. The number of rotatable bonds is 1. The highest BCUT2D eigenvalue weighted by atomic mass is 16.5. The van der Waals surface area contributed by atoms with E-state index >= 15 is 0 Å². The molecule has 3 saturated heterocycles. The third kappa shape index (κ3) is 1.40. The van der Waals surface area contributed by atoms with Crippen molar-refractivity contribution in [3.63, 3.8) is 0 Å². The Kier molecular flexibility index (Phi) is 2.06. The van der Waals surface area contributed by atoms with Crippen molar-refractivity contribution in [1.82, 2.24) is 5.32 Å². The summed E-state index contributed by atoms with van der Waals surface area (Å²) in [6, 6.07) is 0. The molecule has 2 heteroatoms. The summed E-state index contributed by atoms with van der Waals surface area (Å²) in [7, 11) is 0. The fourth-order valence-corrected chi connectivity index (χ4v) is 3.41. The van der Waals surface area contributed by atoms with Crippen LogP contribution in [0.2, 0.25) is 0 Å². The van der Waals surface area contributed by atoms with Crippen LogP contribution in [0, 0.1) is 11.8 Å². The molecule has 0 radical (unpaired) electrons. The molecule has 0 spiro atoms. The van der Waals surface area contributed by atoms with Crippen molar-refractivity contribution in [3.8, 4) is 0 Å². The van der Waals surface area contributed by atoms with Crippen molar-refractivity contribution in [2.75, 3.05) is 13.1 Å². The number of hydrogen-bond acceptors (Lipinski definition) is 2. The molecule has 3 rings (SSSR count). The quantitative estimate of drug-likeness (QED) is 0.662. The first-order valence-corrected chi connectivity index (χ1v) is 5.79. The summed E-state index contributed by atoms with van der Waals surface area (Å²) in [4.78, 5) is 0. The number of hydrogen-bond donors (Lipinski definition) is 1. The van der Waals surface area contributed by atoms with Crippen LogP contribution < -0.4 is 5.32 Å². The minimum atomic E-state index is 0.628. The highest BCUT2D eigenvalue weighted by Gasteiger charge is 2.40. The van der Waals surface area contributed by atoms with Crippen LogP contribution in [0.1, 0.15) is 32.1 Å². The normalized spacial score (nSPS) is 49.8. The van der Waals surface area contributed by atoms with Gasteiger partial charge in [0.1, 0.15) is 0 Å². The van der Waals surface area contributed by atoms with Gasteiger partial charge in [0, 0.05) is 0 Å². The summed E-state index contributed by atoms with van der Waals surface area (Å²) in [6.07, 6.45) is 8.08. The lowest BCUT2D eigenvalue weighted by molar-refractivity contribution is -0.0475. The molecule has 1 N–H and O–H groups in total. The van der Waals surface area contributed by atoms with E-state index in [-0.39, 0.29) is 0 Å². The van der Waals surface area contributed by atoms with Crippen LogP contribution in [0.3, 0.4) is 0 Å². The monoisotopic (exact) mass is 181 g/mol. The predicted molar refractivity (Wildman–Crippen MR) is 51.6 cm³/mol. The molecule has 0 aliphatic carbocycles. The second-order valence-corrected chi connectivity index (χ2v) is 4.87. The average molecular weight is 181 g/mol. The SMILES string of the molecule is C1CC(C2CCC3CCC2O3)CN1. The van der Waals surface area contributed by atoms with Gasteiger partial charge in [0.15, 0.2) is 0 Å². The van der Waals surface area contributed by atoms with Crippen LogP contribution in [-0.2, 0) is 4.74 Å². The first kappa shape index (κ1) is 8.25. The second kappa shape index (κ2) is 3.25. The standard InChI is InChI=1S/C11H19NO/c1-3-10(8-5-6-12-7-8)11-4-2-9(1)13-11/h8-12H,1-7H2. The van der Waals surface area contributed by atoms with Gasteiger partial charge in [0.05, 0.1) is 12.2 Å². The molecule has 0 aromatic carbocycles. The Balaban J connectivity index is 1.69. The molecule has 4 atom stereocenters. The Hall–Kier alpha value is -0.0800. The van der Waals surface area contributed by atoms with Crippen molar-refractivity contribution in [2.45, 2.75) is 44.3 Å². The highest BCUT2D eigenvalue weighted by molar-refractivity contribution is 4.91. The maximum absolute atomic E-state index is 5.99. The summed E-state index contributed by atoms with van der Waals surface area (Å²) in [5.41, 5.74) is 0. The maximum atomic E-state index is 5.99. The summed E-state index contributed by atoms with van der Waals surface area (Å²) < 4.78 is 5.99. The lowest BCUT2D eigenvalue weighted by Gasteiger charge is -2.33. The molecule has 13 heavy (non-hydrogen) atoms. The third-order valence-corrected chi connectivity index (χ3v) is 4.14. The number of fused-ring (bicyclic) bond motifs is 2. The number of ether oxygens (including phenoxy) is 1. The number of nitrogens with one attached hydrogen (secondary N) is 1. The molecule has 4 unspecified atom stereocenters. The van der Waals surface area contributed by atoms with Gasteiger partial charge in [0.25, 0.3) is 0 Å². The van der Waals surface area contributed by atoms with Gasteiger partial charge in [-0.15, -0.1) is 0 Å². The van der Waals surface area contributed by atoms with E-state index in [0.717, 1.165) is 11.8 Å². The van der Waals surface area contributed by atoms with Crippen LogP contribution in [0.15, 0.2) is 0 Å². The van der Waals surface area contributed by atoms with E-state index in [4.69, 9.17) is 4.74 Å². The van der Waals surface area contributed by atoms with Gasteiger partial charge < -0.3 is 10.1 Å². The van der Waals surface area contributed by atoms with Crippen LogP contribution in [0.5, 0.6) is 0 Å². The molecular weight excluding hydrogens is 162 g/mol. The smallest absolute Gasteiger partial charge is 0.0611 e. The van der Waals surface area contributed by atoms with Crippen LogP contribution in [0.25, 0.3) is 0 Å². The molecule has 74 valence electrons. The van der Waals surface area contributed by atoms with E-state index in [0.29, 0.717) is 12.2 Å². The van der Waals surface area contributed by atoms with E-state index in [1.54, 1.807) is 0 Å². The molecule has 0 saturated carbocycles. The zero-order valence-electron chi connectivity index (χ0n) is 8.17. The van der Waals surface area contributed by atoms with Gasteiger partial charge in [-0.3, -0.25) is 0 Å². The molecule has 0 amide bonds. The largest absolute Gasteiger partial charge is 0.375 e. The molecule has 3 aliphatic rings. The first-order chi connectivity index (χ1) is 6.43. The van der Waals surface area contributed by atoms with Crippen molar-refractivity contribution in [2.24, 2.45) is 11.8 Å². The van der Waals surface area contributed by atoms with Crippen molar-refractivity contribution < 1.29 is 4.74 Å². The zero-order chi connectivity index (χ0) is 8.67. The minimum Gasteiger partial charge on any atom is -0.375 e. The van der Waals surface area contributed by atoms with Crippen molar-refractivity contribution in [1.29, 1.82) is 0 Å². The topological polar surface area (TPSA) is 21.3 Å². The Morgan fingerprint density at radius 2 is 1.92 bits per heavy atom. The lowest BCUT2D eigenvalue weighted by Crippen LogP contribution is -2.33. The van der Waals surface area contributed by atoms with Gasteiger partial charge in [-0.25, -0.2) is 0 Å². The maximum Gasteiger partial charge on any atom is 0.0611 e. The molecule has 3 heterocycles. The van der Waals surface area contributed by atoms with E-state index in [9.17, 15) is 0 Å². The Morgan fingerprint density at radius 1 is 1.00 bits per heavy atom. The van der Waals surface area contributed by atoms with Crippen LogP contribution >= 0.6 is 0 Å². The van der Waals surface area contributed by atoms with E-state index in [1.165, 1.54) is 45.2 Å². The van der Waals surface area contributed by atoms with Gasteiger partial charge in [-0.2, -0.15) is 0 Å². The molecule has 0 aromatic heterocycles. The van der Waals surface area contributed by atoms with E-state index in [2.05, 4.69) is 5.32 Å². The van der Waals surface area contributed by atoms with Gasteiger partial charge in [0.2, 0.25) is 0 Å². The fourth-order valence-electron chi connectivity index (χ4n) is 3.41.